The van der Waals surface area contributed by atoms with Gasteiger partial charge in [-0.15, -0.1) is 0 Å². The lowest BCUT2D eigenvalue weighted by molar-refractivity contribution is -0.130. The molecule has 0 fully saturated rings. The number of amides is 3. The Kier molecular flexibility index (Phi) is 7.28. The Bertz CT molecular complexity index is 890. The summed E-state index contributed by atoms with van der Waals surface area (Å²) in [5, 5.41) is 14.4. The number of carbonyl (C=O) groups is 3. The summed E-state index contributed by atoms with van der Waals surface area (Å²) in [5.74, 6) is -1.60. The van der Waals surface area contributed by atoms with E-state index < -0.39 is 23.9 Å². The highest BCUT2D eigenvalue weighted by molar-refractivity contribution is 5.91. The van der Waals surface area contributed by atoms with Crippen LogP contribution in [0.15, 0.2) is 54.6 Å². The van der Waals surface area contributed by atoms with E-state index in [0.717, 1.165) is 5.56 Å². The highest BCUT2D eigenvalue weighted by atomic mass is 16.2. The van der Waals surface area contributed by atoms with Crippen molar-refractivity contribution in [2.24, 2.45) is 5.73 Å². The van der Waals surface area contributed by atoms with Crippen LogP contribution in [-0.2, 0) is 27.2 Å². The average molecular weight is 378 g/mol. The van der Waals surface area contributed by atoms with E-state index in [4.69, 9.17) is 5.73 Å². The first-order chi connectivity index (χ1) is 13.4. The summed E-state index contributed by atoms with van der Waals surface area (Å²) < 4.78 is 0. The number of rotatable bonds is 8. The number of primary amides is 1. The molecule has 3 amide bonds. The number of nitrogens with two attached hydrogens (primary N) is 1. The number of nitrogens with one attached hydrogen (secondary N) is 2. The van der Waals surface area contributed by atoms with Gasteiger partial charge < -0.3 is 16.4 Å². The van der Waals surface area contributed by atoms with Gasteiger partial charge in [0.15, 0.2) is 0 Å². The Morgan fingerprint density at radius 2 is 1.61 bits per heavy atom. The van der Waals surface area contributed by atoms with Crippen LogP contribution in [0.25, 0.3) is 0 Å². The lowest BCUT2D eigenvalue weighted by Gasteiger charge is -2.22. The Balaban J connectivity index is 2.16. The molecule has 0 bridgehead atoms. The molecule has 2 aromatic rings. The van der Waals surface area contributed by atoms with Crippen molar-refractivity contribution in [3.05, 3.63) is 71.3 Å². The molecule has 0 spiro atoms. The first-order valence-corrected chi connectivity index (χ1v) is 8.79. The standard InChI is InChI=1S/C21H22N4O3/c1-14(26)24-19(11-15-7-3-2-4-8-15)21(28)25-18(20(23)27)12-16-9-5-6-10-17(16)13-22/h2-10,18-19H,11-12H2,1H3,(H2,23,27)(H,24,26)(H,25,28)/t18-,19-/m0/s1. The molecule has 28 heavy (non-hydrogen) atoms. The van der Waals surface area contributed by atoms with Gasteiger partial charge in [-0.1, -0.05) is 48.5 Å². The Labute approximate surface area is 163 Å². The van der Waals surface area contributed by atoms with Crippen LogP contribution in [0.2, 0.25) is 0 Å². The monoisotopic (exact) mass is 378 g/mol. The number of nitriles is 1. The Hall–Kier alpha value is -3.66. The summed E-state index contributed by atoms with van der Waals surface area (Å²) in [4.78, 5) is 36.1. The summed E-state index contributed by atoms with van der Waals surface area (Å²) in [7, 11) is 0. The van der Waals surface area contributed by atoms with E-state index in [1.54, 1.807) is 24.3 Å². The van der Waals surface area contributed by atoms with E-state index in [2.05, 4.69) is 16.7 Å². The zero-order valence-electron chi connectivity index (χ0n) is 15.5. The van der Waals surface area contributed by atoms with Gasteiger partial charge >= 0.3 is 0 Å². The molecule has 7 nitrogen and oxygen atoms in total. The van der Waals surface area contributed by atoms with Crippen LogP contribution in [0.5, 0.6) is 0 Å². The van der Waals surface area contributed by atoms with Gasteiger partial charge in [-0.2, -0.15) is 5.26 Å². The minimum Gasteiger partial charge on any atom is -0.368 e. The number of benzene rings is 2. The zero-order chi connectivity index (χ0) is 20.5. The van der Waals surface area contributed by atoms with E-state index in [-0.39, 0.29) is 18.7 Å². The number of hydrogen-bond donors (Lipinski definition) is 3. The van der Waals surface area contributed by atoms with Gasteiger partial charge in [0.2, 0.25) is 17.7 Å². The van der Waals surface area contributed by atoms with Crippen molar-refractivity contribution in [3.8, 4) is 6.07 Å². The maximum atomic E-state index is 12.7. The molecule has 0 radical (unpaired) electrons. The predicted molar refractivity (Wildman–Crippen MR) is 104 cm³/mol. The molecule has 2 atom stereocenters. The van der Waals surface area contributed by atoms with Crippen molar-refractivity contribution < 1.29 is 14.4 Å². The molecule has 0 aliphatic rings. The van der Waals surface area contributed by atoms with E-state index in [9.17, 15) is 19.6 Å². The lowest BCUT2D eigenvalue weighted by atomic mass is 9.99. The van der Waals surface area contributed by atoms with Crippen LogP contribution >= 0.6 is 0 Å². The van der Waals surface area contributed by atoms with Gasteiger partial charge in [-0.05, 0) is 17.2 Å². The van der Waals surface area contributed by atoms with Crippen molar-refractivity contribution in [3.63, 3.8) is 0 Å². The highest BCUT2D eigenvalue weighted by Gasteiger charge is 2.26. The van der Waals surface area contributed by atoms with Crippen molar-refractivity contribution in [2.45, 2.75) is 31.8 Å². The van der Waals surface area contributed by atoms with Gasteiger partial charge in [0.25, 0.3) is 0 Å². The highest BCUT2D eigenvalue weighted by Crippen LogP contribution is 2.11. The van der Waals surface area contributed by atoms with E-state index in [0.29, 0.717) is 11.1 Å². The van der Waals surface area contributed by atoms with Crippen molar-refractivity contribution in [2.75, 3.05) is 0 Å². The molecule has 7 heteroatoms. The van der Waals surface area contributed by atoms with Crippen LogP contribution in [0.3, 0.4) is 0 Å². The molecule has 0 heterocycles. The minimum absolute atomic E-state index is 0.0862. The number of nitrogens with zero attached hydrogens (tertiary/aromatic N) is 1. The largest absolute Gasteiger partial charge is 0.368 e. The number of hydrogen-bond acceptors (Lipinski definition) is 4. The molecule has 2 aromatic carbocycles. The smallest absolute Gasteiger partial charge is 0.243 e. The maximum Gasteiger partial charge on any atom is 0.243 e. The fourth-order valence-electron chi connectivity index (χ4n) is 2.83. The average Bonchev–Trinajstić information content (AvgIpc) is 2.67. The van der Waals surface area contributed by atoms with E-state index in [1.807, 2.05) is 30.3 Å². The number of carbonyl (C=O) groups excluding carboxylic acids is 3. The molecule has 0 aliphatic carbocycles. The SMILES string of the molecule is CC(=O)N[C@@H](Cc1ccccc1)C(=O)N[C@@H](Cc1ccccc1C#N)C(N)=O. The van der Waals surface area contributed by atoms with Crippen LogP contribution in [0, 0.1) is 11.3 Å². The second-order valence-electron chi connectivity index (χ2n) is 6.38. The Morgan fingerprint density at radius 1 is 0.964 bits per heavy atom. The molecule has 144 valence electrons. The normalized spacial score (nSPS) is 12.3. The van der Waals surface area contributed by atoms with Crippen molar-refractivity contribution >= 4 is 17.7 Å². The van der Waals surface area contributed by atoms with Gasteiger partial charge in [0.05, 0.1) is 11.6 Å². The molecule has 2 rings (SSSR count). The van der Waals surface area contributed by atoms with Crippen LogP contribution in [0.4, 0.5) is 0 Å². The first kappa shape index (κ1) is 20.6. The first-order valence-electron chi connectivity index (χ1n) is 8.79. The van der Waals surface area contributed by atoms with Gasteiger partial charge in [-0.3, -0.25) is 14.4 Å². The third-order valence-electron chi connectivity index (χ3n) is 4.20. The summed E-state index contributed by atoms with van der Waals surface area (Å²) in [6.45, 7) is 1.32. The summed E-state index contributed by atoms with van der Waals surface area (Å²) in [5.41, 5.74) is 7.33. The molecule has 0 aliphatic heterocycles. The second kappa shape index (κ2) is 9.88. The van der Waals surface area contributed by atoms with E-state index >= 15 is 0 Å². The lowest BCUT2D eigenvalue weighted by Crippen LogP contribution is -2.54. The fraction of sp³-hybridized carbons (Fsp3) is 0.238. The van der Waals surface area contributed by atoms with Crippen LogP contribution in [-0.4, -0.2) is 29.8 Å². The topological polar surface area (TPSA) is 125 Å². The predicted octanol–water partition coefficient (Wildman–Crippen LogP) is 0.818. The van der Waals surface area contributed by atoms with Gasteiger partial charge in [0, 0.05) is 19.8 Å². The van der Waals surface area contributed by atoms with Crippen LogP contribution < -0.4 is 16.4 Å². The summed E-state index contributed by atoms with van der Waals surface area (Å²) >= 11 is 0. The van der Waals surface area contributed by atoms with Crippen LogP contribution in [0.1, 0.15) is 23.6 Å². The Morgan fingerprint density at radius 3 is 2.21 bits per heavy atom. The molecular formula is C21H22N4O3. The third-order valence-corrected chi connectivity index (χ3v) is 4.20. The molecule has 0 unspecified atom stereocenters. The molecule has 0 saturated heterocycles. The quantitative estimate of drug-likeness (QED) is 0.629. The molecule has 4 N–H and O–H groups in total. The zero-order valence-corrected chi connectivity index (χ0v) is 15.5. The van der Waals surface area contributed by atoms with Crippen molar-refractivity contribution in [1.29, 1.82) is 5.26 Å². The van der Waals surface area contributed by atoms with Crippen molar-refractivity contribution in [1.82, 2.24) is 10.6 Å². The molecular weight excluding hydrogens is 356 g/mol. The van der Waals surface area contributed by atoms with Gasteiger partial charge in [0.1, 0.15) is 12.1 Å². The summed E-state index contributed by atoms with van der Waals surface area (Å²) in [6.07, 6.45) is 0.357. The minimum atomic E-state index is -1.01. The van der Waals surface area contributed by atoms with Gasteiger partial charge in [-0.25, -0.2) is 0 Å². The summed E-state index contributed by atoms with van der Waals surface area (Å²) in [6, 6.07) is 16.2. The van der Waals surface area contributed by atoms with E-state index in [1.165, 1.54) is 6.92 Å². The maximum absolute atomic E-state index is 12.7. The molecule has 0 aromatic heterocycles. The second-order valence-corrected chi connectivity index (χ2v) is 6.38. The third kappa shape index (κ3) is 5.95. The molecule has 0 saturated carbocycles. The fourth-order valence-corrected chi connectivity index (χ4v) is 2.83.